The van der Waals surface area contributed by atoms with Crippen LogP contribution in [0.15, 0.2) is 30.3 Å². The van der Waals surface area contributed by atoms with Gasteiger partial charge in [0.05, 0.1) is 6.54 Å². The molecule has 2 rings (SSSR count). The van der Waals surface area contributed by atoms with E-state index in [0.29, 0.717) is 6.54 Å². The van der Waals surface area contributed by atoms with Gasteiger partial charge in [0.15, 0.2) is 0 Å². The van der Waals surface area contributed by atoms with Gasteiger partial charge in [0.2, 0.25) is 0 Å². The van der Waals surface area contributed by atoms with E-state index < -0.39 is 18.1 Å². The molecule has 7 heteroatoms. The number of carbonyl (C=O) groups is 2. The number of methoxy groups -OCH3 is 1. The number of carboxylic acid groups (broad SMARTS) is 1. The summed E-state index contributed by atoms with van der Waals surface area (Å²) in [6.45, 7) is 2.56. The molecule has 0 saturated carbocycles. The van der Waals surface area contributed by atoms with Gasteiger partial charge in [0.1, 0.15) is 18.1 Å². The largest absolute Gasteiger partial charge is 0.480 e. The lowest BCUT2D eigenvalue weighted by Crippen LogP contribution is -2.54. The topological polar surface area (TPSA) is 87.2 Å². The predicted molar refractivity (Wildman–Crippen MR) is 90.8 cm³/mol. The minimum Gasteiger partial charge on any atom is -0.480 e. The molecule has 1 heterocycles. The van der Waals surface area contributed by atoms with Crippen LogP contribution in [0.3, 0.4) is 0 Å². The van der Waals surface area contributed by atoms with Crippen LogP contribution in [0.1, 0.15) is 18.1 Å². The third kappa shape index (κ3) is 4.26. The molecule has 0 saturated heterocycles. The molecule has 0 radical (unpaired) electrons. The van der Waals surface area contributed by atoms with Crippen molar-refractivity contribution in [2.75, 3.05) is 20.2 Å². The fraction of sp³-hybridized carbons (Fsp3) is 0.444. The molecule has 0 spiro atoms. The van der Waals surface area contributed by atoms with E-state index in [1.807, 2.05) is 24.3 Å². The molecule has 1 aliphatic heterocycles. The number of hydrogen-bond acceptors (Lipinski definition) is 4. The molecule has 2 amide bonds. The molecular weight excluding hydrogens is 324 g/mol. The molecule has 1 aromatic carbocycles. The first-order chi connectivity index (χ1) is 12.0. The summed E-state index contributed by atoms with van der Waals surface area (Å²) in [6, 6.07) is 6.22. The van der Waals surface area contributed by atoms with Gasteiger partial charge in [-0.1, -0.05) is 24.3 Å². The van der Waals surface area contributed by atoms with Crippen molar-refractivity contribution < 1.29 is 24.2 Å². The first-order valence-electron chi connectivity index (χ1n) is 8.10. The van der Waals surface area contributed by atoms with E-state index in [1.165, 1.54) is 23.0 Å². The molecule has 25 heavy (non-hydrogen) atoms. The molecule has 0 aromatic heterocycles. The Bertz CT molecular complexity index is 684. The van der Waals surface area contributed by atoms with E-state index in [0.717, 1.165) is 11.1 Å². The summed E-state index contributed by atoms with van der Waals surface area (Å²) in [7, 11) is 1.44. The lowest BCUT2D eigenvalue weighted by Gasteiger charge is -2.38. The molecule has 0 aliphatic carbocycles. The second-order valence-electron chi connectivity index (χ2n) is 5.83. The van der Waals surface area contributed by atoms with Gasteiger partial charge < -0.3 is 19.6 Å². The highest BCUT2D eigenvalue weighted by atomic mass is 16.5. The van der Waals surface area contributed by atoms with Crippen LogP contribution in [0.25, 0.3) is 0 Å². The number of carbonyl (C=O) groups excluding carboxylic acids is 2. The van der Waals surface area contributed by atoms with Crippen molar-refractivity contribution in [1.29, 1.82) is 0 Å². The van der Waals surface area contributed by atoms with Crippen molar-refractivity contribution in [3.05, 3.63) is 41.5 Å². The maximum absolute atomic E-state index is 12.9. The molecule has 1 aromatic rings. The van der Waals surface area contributed by atoms with Crippen LogP contribution in [0.2, 0.25) is 0 Å². The maximum Gasteiger partial charge on any atom is 0.326 e. The minimum absolute atomic E-state index is 0.158. The van der Waals surface area contributed by atoms with E-state index >= 15 is 0 Å². The number of aliphatic carboxylic acids is 1. The number of hydrogen-bond donors (Lipinski definition) is 1. The molecule has 2 atom stereocenters. The average Bonchev–Trinajstić information content (AvgIpc) is 2.63. The van der Waals surface area contributed by atoms with Crippen LogP contribution in [0, 0.1) is 0 Å². The van der Waals surface area contributed by atoms with Gasteiger partial charge in [-0.3, -0.25) is 0 Å². The summed E-state index contributed by atoms with van der Waals surface area (Å²) in [4.78, 5) is 38.0. The van der Waals surface area contributed by atoms with E-state index in [1.54, 1.807) is 12.9 Å². The van der Waals surface area contributed by atoms with Gasteiger partial charge in [-0.2, -0.15) is 0 Å². The third-order valence-corrected chi connectivity index (χ3v) is 4.39. The van der Waals surface area contributed by atoms with Crippen LogP contribution in [-0.2, 0) is 27.3 Å². The Labute approximate surface area is 146 Å². The van der Waals surface area contributed by atoms with Crippen molar-refractivity contribution in [3.63, 3.8) is 0 Å². The van der Waals surface area contributed by atoms with Gasteiger partial charge in [-0.15, -0.1) is 0 Å². The molecule has 1 unspecified atom stereocenters. The van der Waals surface area contributed by atoms with Crippen LogP contribution in [0.5, 0.6) is 0 Å². The van der Waals surface area contributed by atoms with Crippen LogP contribution in [0.4, 0.5) is 4.79 Å². The number of amides is 2. The van der Waals surface area contributed by atoms with E-state index in [4.69, 9.17) is 4.74 Å². The number of likely N-dealkylation sites (N-methyl/N-ethyl adjacent to an activating group) is 1. The third-order valence-electron chi connectivity index (χ3n) is 4.39. The lowest BCUT2D eigenvalue weighted by atomic mass is 9.94. The highest BCUT2D eigenvalue weighted by molar-refractivity contribution is 5.83. The van der Waals surface area contributed by atoms with Gasteiger partial charge in [-0.05, 0) is 18.1 Å². The zero-order chi connectivity index (χ0) is 18.4. The summed E-state index contributed by atoms with van der Waals surface area (Å²) >= 11 is 0. The number of rotatable bonds is 6. The van der Waals surface area contributed by atoms with E-state index in [2.05, 4.69) is 0 Å². The number of urea groups is 1. The smallest absolute Gasteiger partial charge is 0.326 e. The second kappa shape index (κ2) is 8.46. The van der Waals surface area contributed by atoms with Gasteiger partial charge >= 0.3 is 12.0 Å². The van der Waals surface area contributed by atoms with Crippen molar-refractivity contribution in [2.24, 2.45) is 0 Å². The Morgan fingerprint density at radius 1 is 1.44 bits per heavy atom. The Hall–Kier alpha value is -2.63. The zero-order valence-electron chi connectivity index (χ0n) is 14.3. The van der Waals surface area contributed by atoms with Crippen LogP contribution in [-0.4, -0.2) is 65.2 Å². The molecule has 1 N–H and O–H groups in total. The Balaban J connectivity index is 2.24. The summed E-state index contributed by atoms with van der Waals surface area (Å²) < 4.78 is 5.14. The number of nitrogens with zero attached hydrogens (tertiary/aromatic N) is 2. The SMILES string of the molecule is CCN(CC(C=C=O)OC)C(=O)N1Cc2ccccc2C[C@H]1C(=O)O. The lowest BCUT2D eigenvalue weighted by molar-refractivity contribution is -0.142. The fourth-order valence-corrected chi connectivity index (χ4v) is 2.96. The first-order valence-corrected chi connectivity index (χ1v) is 8.10. The number of fused-ring (bicyclic) bond motifs is 1. The fourth-order valence-electron chi connectivity index (χ4n) is 2.96. The van der Waals surface area contributed by atoms with Crippen molar-refractivity contribution in [3.8, 4) is 0 Å². The number of ether oxygens (including phenoxy) is 1. The highest BCUT2D eigenvalue weighted by Gasteiger charge is 2.36. The molecule has 134 valence electrons. The quantitative estimate of drug-likeness (QED) is 0.786. The molecule has 7 nitrogen and oxygen atoms in total. The predicted octanol–water partition coefficient (Wildman–Crippen LogP) is 1.34. The second-order valence-corrected chi connectivity index (χ2v) is 5.83. The van der Waals surface area contributed by atoms with E-state index in [9.17, 15) is 19.5 Å². The zero-order valence-corrected chi connectivity index (χ0v) is 14.3. The monoisotopic (exact) mass is 346 g/mol. The number of benzene rings is 1. The van der Waals surface area contributed by atoms with Crippen LogP contribution >= 0.6 is 0 Å². The average molecular weight is 346 g/mol. The minimum atomic E-state index is -1.03. The molecule has 0 bridgehead atoms. The first kappa shape index (κ1) is 18.7. The van der Waals surface area contributed by atoms with Crippen molar-refractivity contribution >= 4 is 17.9 Å². The van der Waals surface area contributed by atoms with Crippen molar-refractivity contribution in [2.45, 2.75) is 32.0 Å². The van der Waals surface area contributed by atoms with Crippen LogP contribution < -0.4 is 0 Å². The number of carboxylic acids is 1. The summed E-state index contributed by atoms with van der Waals surface area (Å²) in [5.41, 5.74) is 1.89. The van der Waals surface area contributed by atoms with E-state index in [-0.39, 0.29) is 25.5 Å². The van der Waals surface area contributed by atoms with Crippen molar-refractivity contribution in [1.82, 2.24) is 9.80 Å². The normalized spacial score (nSPS) is 17.2. The standard InChI is InChI=1S/C18H22N2O5/c1-3-19(12-15(25-2)8-9-21)18(24)20-11-14-7-5-4-6-13(14)10-16(20)17(22)23/h4-8,15-16H,3,10-12H2,1-2H3,(H,22,23)/t15?,16-/m0/s1. The summed E-state index contributed by atoms with van der Waals surface area (Å²) in [5, 5.41) is 9.56. The van der Waals surface area contributed by atoms with Gasteiger partial charge in [0, 0.05) is 32.7 Å². The summed E-state index contributed by atoms with van der Waals surface area (Å²) in [5.74, 6) is 0.629. The maximum atomic E-state index is 12.9. The highest BCUT2D eigenvalue weighted by Crippen LogP contribution is 2.24. The Morgan fingerprint density at radius 3 is 2.68 bits per heavy atom. The molecular formula is C18H22N2O5. The molecule has 1 aliphatic rings. The molecule has 0 fully saturated rings. The van der Waals surface area contributed by atoms with Gasteiger partial charge in [0.25, 0.3) is 0 Å². The van der Waals surface area contributed by atoms with Gasteiger partial charge in [-0.25, -0.2) is 14.4 Å². The Morgan fingerprint density at radius 2 is 2.12 bits per heavy atom. The summed E-state index contributed by atoms with van der Waals surface area (Å²) in [6.07, 6.45) is 0.897. The Kier molecular flexibility index (Phi) is 6.33.